The van der Waals surface area contributed by atoms with Gasteiger partial charge in [0.05, 0.1) is 51.4 Å². The highest BCUT2D eigenvalue weighted by atomic mass is 15.0. The molecule has 7 aromatic rings. The molecule has 0 spiro atoms. The molecule has 9 rings (SSSR count). The van der Waals surface area contributed by atoms with Crippen molar-refractivity contribution in [3.8, 4) is 29.6 Å². The molecule has 234 valence electrons. The van der Waals surface area contributed by atoms with Crippen molar-refractivity contribution in [2.45, 2.75) is 19.3 Å². The molecular weight excluding hydrogens is 611 g/mol. The van der Waals surface area contributed by atoms with Gasteiger partial charge in [-0.3, -0.25) is 0 Å². The number of para-hydroxylation sites is 3. The summed E-state index contributed by atoms with van der Waals surface area (Å²) in [5.41, 5.74) is 13.2. The molecular formula is C45H29N5. The van der Waals surface area contributed by atoms with Crippen molar-refractivity contribution < 1.29 is 0 Å². The van der Waals surface area contributed by atoms with Crippen LogP contribution in [0, 0.1) is 39.9 Å². The Morgan fingerprint density at radius 3 is 2.38 bits per heavy atom. The lowest BCUT2D eigenvalue weighted by atomic mass is 9.86. The molecule has 5 aromatic carbocycles. The zero-order valence-electron chi connectivity index (χ0n) is 27.1. The Hall–Kier alpha value is -6.87. The molecule has 0 bridgehead atoms. The van der Waals surface area contributed by atoms with E-state index in [1.807, 2.05) is 48.5 Å². The Labute approximate surface area is 289 Å². The van der Waals surface area contributed by atoms with Crippen molar-refractivity contribution in [1.82, 2.24) is 9.13 Å². The third-order valence-electron chi connectivity index (χ3n) is 10.2. The smallest absolute Gasteiger partial charge is 0.101 e. The molecule has 2 heterocycles. The van der Waals surface area contributed by atoms with Gasteiger partial charge in [0.1, 0.15) is 6.07 Å². The van der Waals surface area contributed by atoms with Gasteiger partial charge in [0.15, 0.2) is 0 Å². The Balaban J connectivity index is 1.31. The Morgan fingerprint density at radius 2 is 1.50 bits per heavy atom. The van der Waals surface area contributed by atoms with E-state index in [1.165, 1.54) is 16.7 Å². The number of nitrogens with zero attached hydrogens (tertiary/aromatic N) is 5. The largest absolute Gasteiger partial charge is 0.309 e. The molecule has 0 N–H and O–H groups in total. The van der Waals surface area contributed by atoms with Gasteiger partial charge in [-0.05, 0) is 96.1 Å². The highest BCUT2D eigenvalue weighted by Crippen LogP contribution is 2.44. The van der Waals surface area contributed by atoms with E-state index in [1.54, 1.807) is 0 Å². The van der Waals surface area contributed by atoms with Crippen LogP contribution in [0.5, 0.6) is 0 Å². The molecule has 0 fully saturated rings. The van der Waals surface area contributed by atoms with E-state index in [2.05, 4.69) is 112 Å². The van der Waals surface area contributed by atoms with Crippen LogP contribution in [0.3, 0.4) is 0 Å². The van der Waals surface area contributed by atoms with Crippen LogP contribution in [-0.4, -0.2) is 9.13 Å². The van der Waals surface area contributed by atoms with Crippen LogP contribution in [0.15, 0.2) is 127 Å². The molecule has 2 aromatic heterocycles. The second-order valence-corrected chi connectivity index (χ2v) is 12.9. The number of rotatable bonds is 4. The standard InChI is InChI=1S/C45H29N5/c46-26-29-9-7-11-33(23-29)49-43-21-19-30(27-47)24-39(43)38-16-8-15-37(45(38)49)35-13-3-2-12-34(35)31-20-22-44-40(25-31)36-14-4-6-18-42(36)50(44)41-17-5-1-10-32(41)28-48/h1,3-11,13-23,25,30H,2,12,24H2. The first-order valence-corrected chi connectivity index (χ1v) is 16.9. The van der Waals surface area contributed by atoms with Gasteiger partial charge in [-0.15, -0.1) is 0 Å². The quantitative estimate of drug-likeness (QED) is 0.192. The lowest BCUT2D eigenvalue weighted by molar-refractivity contribution is 0.809. The highest BCUT2D eigenvalue weighted by Gasteiger charge is 2.26. The van der Waals surface area contributed by atoms with E-state index in [9.17, 15) is 15.8 Å². The molecule has 1 unspecified atom stereocenters. The number of hydrogen-bond acceptors (Lipinski definition) is 3. The topological polar surface area (TPSA) is 81.2 Å². The predicted octanol–water partition coefficient (Wildman–Crippen LogP) is 10.4. The van der Waals surface area contributed by atoms with E-state index in [0.717, 1.165) is 73.7 Å². The average molecular weight is 640 g/mol. The van der Waals surface area contributed by atoms with E-state index in [-0.39, 0.29) is 5.92 Å². The third kappa shape index (κ3) is 4.44. The van der Waals surface area contributed by atoms with Crippen LogP contribution in [0.2, 0.25) is 0 Å². The van der Waals surface area contributed by atoms with Gasteiger partial charge < -0.3 is 9.13 Å². The first-order valence-electron chi connectivity index (χ1n) is 16.9. The number of nitriles is 3. The first kappa shape index (κ1) is 29.3. The highest BCUT2D eigenvalue weighted by molar-refractivity contribution is 6.12. The minimum absolute atomic E-state index is 0.186. The fraction of sp³-hybridized carbons (Fsp3) is 0.0889. The molecule has 50 heavy (non-hydrogen) atoms. The van der Waals surface area contributed by atoms with Gasteiger partial charge in [-0.2, -0.15) is 15.8 Å². The molecule has 0 saturated carbocycles. The van der Waals surface area contributed by atoms with Gasteiger partial charge in [0.2, 0.25) is 0 Å². The summed E-state index contributed by atoms with van der Waals surface area (Å²) in [5.74, 6) is -0.186. The fourth-order valence-corrected chi connectivity index (χ4v) is 7.99. The van der Waals surface area contributed by atoms with Crippen LogP contribution in [0.1, 0.15) is 46.4 Å². The number of aromatic nitrogens is 2. The lowest BCUT2D eigenvalue weighted by Gasteiger charge is -2.20. The maximum atomic E-state index is 9.98. The maximum Gasteiger partial charge on any atom is 0.101 e. The summed E-state index contributed by atoms with van der Waals surface area (Å²) in [7, 11) is 0. The summed E-state index contributed by atoms with van der Waals surface area (Å²) in [4.78, 5) is 0. The molecule has 5 nitrogen and oxygen atoms in total. The fourth-order valence-electron chi connectivity index (χ4n) is 7.99. The first-order chi connectivity index (χ1) is 24.7. The van der Waals surface area contributed by atoms with E-state index in [4.69, 9.17) is 0 Å². The number of benzene rings is 5. The Bertz CT molecular complexity index is 2780. The number of allylic oxidation sites excluding steroid dienone is 5. The number of hydrogen-bond donors (Lipinski definition) is 0. The van der Waals surface area contributed by atoms with Crippen LogP contribution in [0.25, 0.3) is 61.3 Å². The van der Waals surface area contributed by atoms with Crippen LogP contribution in [-0.2, 0) is 6.42 Å². The SMILES string of the molecule is N#Cc1cccc(-n2c3c(c4cccc(C5=C(c6ccc7c(c6)c6ccccc6n7-c6ccccc6C#N)CCC=C5)c42)CC(C#N)C=C3)c1. The summed E-state index contributed by atoms with van der Waals surface area (Å²) >= 11 is 0. The van der Waals surface area contributed by atoms with Gasteiger partial charge in [-0.1, -0.05) is 78.9 Å². The monoisotopic (exact) mass is 639 g/mol. The summed E-state index contributed by atoms with van der Waals surface area (Å²) in [6, 6.07) is 44.4. The van der Waals surface area contributed by atoms with Crippen molar-refractivity contribution in [3.63, 3.8) is 0 Å². The van der Waals surface area contributed by atoms with Crippen molar-refractivity contribution in [3.05, 3.63) is 161 Å². The molecule has 0 radical (unpaired) electrons. The van der Waals surface area contributed by atoms with Crippen molar-refractivity contribution in [2.24, 2.45) is 5.92 Å². The number of fused-ring (bicyclic) bond motifs is 6. The average Bonchev–Trinajstić information content (AvgIpc) is 3.70. The van der Waals surface area contributed by atoms with Gasteiger partial charge in [0, 0.05) is 33.1 Å². The molecule has 1 atom stereocenters. The van der Waals surface area contributed by atoms with Crippen molar-refractivity contribution in [1.29, 1.82) is 15.8 Å². The minimum Gasteiger partial charge on any atom is -0.309 e. The minimum atomic E-state index is -0.186. The normalized spacial score (nSPS) is 15.3. The second kappa shape index (κ2) is 11.7. The van der Waals surface area contributed by atoms with E-state index >= 15 is 0 Å². The summed E-state index contributed by atoms with van der Waals surface area (Å²) in [6.45, 7) is 0. The molecule has 0 amide bonds. The zero-order valence-corrected chi connectivity index (χ0v) is 27.1. The Morgan fingerprint density at radius 1 is 0.680 bits per heavy atom. The van der Waals surface area contributed by atoms with Gasteiger partial charge in [0.25, 0.3) is 0 Å². The van der Waals surface area contributed by atoms with E-state index < -0.39 is 0 Å². The van der Waals surface area contributed by atoms with Crippen molar-refractivity contribution in [2.75, 3.05) is 0 Å². The molecule has 5 heteroatoms. The van der Waals surface area contributed by atoms with Gasteiger partial charge in [-0.25, -0.2) is 0 Å². The maximum absolute atomic E-state index is 9.98. The summed E-state index contributed by atoms with van der Waals surface area (Å²) < 4.78 is 4.49. The van der Waals surface area contributed by atoms with Crippen molar-refractivity contribution >= 4 is 49.9 Å². The third-order valence-corrected chi connectivity index (χ3v) is 10.2. The molecule has 0 saturated heterocycles. The van der Waals surface area contributed by atoms with Crippen LogP contribution >= 0.6 is 0 Å². The second-order valence-electron chi connectivity index (χ2n) is 12.9. The van der Waals surface area contributed by atoms with E-state index in [0.29, 0.717) is 17.5 Å². The molecule has 0 aliphatic heterocycles. The molecule has 2 aliphatic carbocycles. The van der Waals surface area contributed by atoms with Crippen LogP contribution < -0.4 is 0 Å². The zero-order chi connectivity index (χ0) is 33.8. The lowest BCUT2D eigenvalue weighted by Crippen LogP contribution is -2.07. The van der Waals surface area contributed by atoms with Gasteiger partial charge >= 0.3 is 0 Å². The molecule has 2 aliphatic rings. The predicted molar refractivity (Wildman–Crippen MR) is 201 cm³/mol. The Kier molecular flexibility index (Phi) is 6.84. The van der Waals surface area contributed by atoms with Crippen LogP contribution in [0.4, 0.5) is 0 Å². The summed E-state index contributed by atoms with van der Waals surface area (Å²) in [5, 5.41) is 33.0. The summed E-state index contributed by atoms with van der Waals surface area (Å²) in [6.07, 6.45) is 11.1.